The molecule has 0 fully saturated rings. The van der Waals surface area contributed by atoms with Crippen LogP contribution in [0.2, 0.25) is 0 Å². The van der Waals surface area contributed by atoms with Gasteiger partial charge in [0, 0.05) is 6.54 Å². The number of rotatable bonds is 4. The molecule has 1 aliphatic rings. The van der Waals surface area contributed by atoms with Crippen LogP contribution in [0.1, 0.15) is 29.3 Å². The summed E-state index contributed by atoms with van der Waals surface area (Å²) < 4.78 is 0. The lowest BCUT2D eigenvalue weighted by molar-refractivity contribution is -0.114. The molecule has 1 aromatic carbocycles. The number of aryl methyl sites for hydroxylation is 1. The Bertz CT molecular complexity index is 491. The average molecular weight is 229 g/mol. The van der Waals surface area contributed by atoms with E-state index in [0.29, 0.717) is 18.5 Å². The van der Waals surface area contributed by atoms with Gasteiger partial charge in [-0.05, 0) is 30.5 Å². The fourth-order valence-corrected chi connectivity index (χ4v) is 2.01. The summed E-state index contributed by atoms with van der Waals surface area (Å²) in [6.07, 6.45) is 3.30. The highest BCUT2D eigenvalue weighted by Gasteiger charge is 2.35. The van der Waals surface area contributed by atoms with Gasteiger partial charge in [-0.25, -0.2) is 0 Å². The molecule has 0 radical (unpaired) electrons. The molecule has 1 heterocycles. The fraction of sp³-hybridized carbons (Fsp3) is 0.286. The SMILES string of the molecule is C=CCCN1C(=O)C(=O)c2cc(CC)ccc21. The molecule has 3 nitrogen and oxygen atoms in total. The molecule has 17 heavy (non-hydrogen) atoms. The highest BCUT2D eigenvalue weighted by Crippen LogP contribution is 2.29. The Labute approximate surface area is 101 Å². The number of hydrogen-bond donors (Lipinski definition) is 0. The molecule has 1 amide bonds. The maximum absolute atomic E-state index is 11.8. The molecule has 0 saturated heterocycles. The van der Waals surface area contributed by atoms with E-state index in [1.165, 1.54) is 0 Å². The van der Waals surface area contributed by atoms with E-state index in [1.807, 2.05) is 25.1 Å². The predicted octanol–water partition coefficient (Wildman–Crippen LogP) is 2.35. The molecule has 0 saturated carbocycles. The van der Waals surface area contributed by atoms with Gasteiger partial charge in [0.15, 0.2) is 0 Å². The first-order valence-electron chi connectivity index (χ1n) is 5.79. The van der Waals surface area contributed by atoms with E-state index in [1.54, 1.807) is 11.0 Å². The topological polar surface area (TPSA) is 37.4 Å². The van der Waals surface area contributed by atoms with E-state index >= 15 is 0 Å². The summed E-state index contributed by atoms with van der Waals surface area (Å²) in [5.74, 6) is -0.811. The van der Waals surface area contributed by atoms with E-state index in [-0.39, 0.29) is 5.78 Å². The molecule has 0 bridgehead atoms. The van der Waals surface area contributed by atoms with Crippen molar-refractivity contribution in [2.45, 2.75) is 19.8 Å². The van der Waals surface area contributed by atoms with Crippen molar-refractivity contribution in [3.63, 3.8) is 0 Å². The number of benzene rings is 1. The summed E-state index contributed by atoms with van der Waals surface area (Å²) >= 11 is 0. The Hall–Kier alpha value is -1.90. The minimum atomic E-state index is -0.421. The zero-order valence-corrected chi connectivity index (χ0v) is 9.90. The molecule has 0 spiro atoms. The Morgan fingerprint density at radius 2 is 2.12 bits per heavy atom. The standard InChI is InChI=1S/C14H15NO2/c1-3-5-8-15-12-7-6-10(4-2)9-11(12)13(16)14(15)17/h3,6-7,9H,1,4-5,8H2,2H3. The minimum absolute atomic E-state index is 0.389. The first kappa shape index (κ1) is 11.6. The first-order valence-corrected chi connectivity index (χ1v) is 5.79. The van der Waals surface area contributed by atoms with Crippen molar-refractivity contribution in [3.05, 3.63) is 42.0 Å². The molecule has 0 N–H and O–H groups in total. The van der Waals surface area contributed by atoms with Crippen molar-refractivity contribution in [2.75, 3.05) is 11.4 Å². The quantitative estimate of drug-likeness (QED) is 0.587. The summed E-state index contributed by atoms with van der Waals surface area (Å²) in [7, 11) is 0. The summed E-state index contributed by atoms with van der Waals surface area (Å²) in [4.78, 5) is 25.2. The van der Waals surface area contributed by atoms with Crippen LogP contribution >= 0.6 is 0 Å². The van der Waals surface area contributed by atoms with Gasteiger partial charge < -0.3 is 4.90 Å². The number of ketones is 1. The zero-order chi connectivity index (χ0) is 12.4. The molecule has 0 atom stereocenters. The Balaban J connectivity index is 2.40. The number of Topliss-reactive ketones (excluding diaryl/α,β-unsaturated/α-hetero) is 1. The second kappa shape index (κ2) is 4.53. The third-order valence-electron chi connectivity index (χ3n) is 3.00. The first-order chi connectivity index (χ1) is 8.19. The third kappa shape index (κ3) is 1.88. The largest absolute Gasteiger partial charge is 0.304 e. The summed E-state index contributed by atoms with van der Waals surface area (Å²) in [6.45, 7) is 6.17. The maximum Gasteiger partial charge on any atom is 0.299 e. The maximum atomic E-state index is 11.8. The number of hydrogen-bond acceptors (Lipinski definition) is 2. The number of carbonyl (C=O) groups excluding carboxylic acids is 2. The molecule has 0 aliphatic carbocycles. The average Bonchev–Trinajstić information content (AvgIpc) is 2.60. The van der Waals surface area contributed by atoms with E-state index in [0.717, 1.165) is 17.7 Å². The number of fused-ring (bicyclic) bond motifs is 1. The van der Waals surface area contributed by atoms with E-state index < -0.39 is 5.91 Å². The Morgan fingerprint density at radius 3 is 2.76 bits per heavy atom. The second-order valence-corrected chi connectivity index (χ2v) is 4.07. The number of carbonyl (C=O) groups is 2. The van der Waals surface area contributed by atoms with Gasteiger partial charge in [0.05, 0.1) is 11.3 Å². The van der Waals surface area contributed by atoms with Crippen molar-refractivity contribution < 1.29 is 9.59 Å². The van der Waals surface area contributed by atoms with Crippen LogP contribution in [0, 0.1) is 0 Å². The Kier molecular flexibility index (Phi) is 3.09. The van der Waals surface area contributed by atoms with E-state index in [2.05, 4.69) is 6.58 Å². The van der Waals surface area contributed by atoms with Gasteiger partial charge in [-0.1, -0.05) is 19.1 Å². The van der Waals surface area contributed by atoms with E-state index in [4.69, 9.17) is 0 Å². The second-order valence-electron chi connectivity index (χ2n) is 4.07. The van der Waals surface area contributed by atoms with Gasteiger partial charge in [-0.3, -0.25) is 9.59 Å². The van der Waals surface area contributed by atoms with Gasteiger partial charge in [-0.15, -0.1) is 6.58 Å². The van der Waals surface area contributed by atoms with Crippen molar-refractivity contribution in [2.24, 2.45) is 0 Å². The lowest BCUT2D eigenvalue weighted by atomic mass is 10.1. The fourth-order valence-electron chi connectivity index (χ4n) is 2.01. The molecule has 2 rings (SSSR count). The van der Waals surface area contributed by atoms with Crippen LogP contribution in [-0.2, 0) is 11.2 Å². The smallest absolute Gasteiger partial charge is 0.299 e. The van der Waals surface area contributed by atoms with Crippen LogP contribution in [0.4, 0.5) is 5.69 Å². The van der Waals surface area contributed by atoms with Crippen LogP contribution in [0.3, 0.4) is 0 Å². The molecular weight excluding hydrogens is 214 g/mol. The highest BCUT2D eigenvalue weighted by atomic mass is 16.2. The molecular formula is C14H15NO2. The van der Waals surface area contributed by atoms with E-state index in [9.17, 15) is 9.59 Å². The number of anilines is 1. The molecule has 3 heteroatoms. The highest BCUT2D eigenvalue weighted by molar-refractivity contribution is 6.52. The van der Waals surface area contributed by atoms with Gasteiger partial charge in [-0.2, -0.15) is 0 Å². The number of amides is 1. The normalized spacial score (nSPS) is 14.1. The third-order valence-corrected chi connectivity index (χ3v) is 3.00. The van der Waals surface area contributed by atoms with Gasteiger partial charge in [0.25, 0.3) is 11.7 Å². The van der Waals surface area contributed by atoms with Gasteiger partial charge >= 0.3 is 0 Å². The Morgan fingerprint density at radius 1 is 1.35 bits per heavy atom. The van der Waals surface area contributed by atoms with Crippen LogP contribution in [0.25, 0.3) is 0 Å². The lowest BCUT2D eigenvalue weighted by Gasteiger charge is -2.15. The predicted molar refractivity (Wildman–Crippen MR) is 67.3 cm³/mol. The minimum Gasteiger partial charge on any atom is -0.304 e. The zero-order valence-electron chi connectivity index (χ0n) is 9.90. The van der Waals surface area contributed by atoms with Crippen LogP contribution in [-0.4, -0.2) is 18.2 Å². The molecule has 0 unspecified atom stereocenters. The monoisotopic (exact) mass is 229 g/mol. The number of nitrogens with zero attached hydrogens (tertiary/aromatic N) is 1. The van der Waals surface area contributed by atoms with Crippen molar-refractivity contribution >= 4 is 17.4 Å². The summed E-state index contributed by atoms with van der Waals surface area (Å²) in [5, 5.41) is 0. The van der Waals surface area contributed by atoms with Gasteiger partial charge in [0.2, 0.25) is 0 Å². The van der Waals surface area contributed by atoms with Gasteiger partial charge in [0.1, 0.15) is 0 Å². The van der Waals surface area contributed by atoms with Crippen LogP contribution < -0.4 is 4.90 Å². The molecule has 88 valence electrons. The van der Waals surface area contributed by atoms with Crippen molar-refractivity contribution in [3.8, 4) is 0 Å². The van der Waals surface area contributed by atoms with Crippen LogP contribution in [0.15, 0.2) is 30.9 Å². The van der Waals surface area contributed by atoms with Crippen LogP contribution in [0.5, 0.6) is 0 Å². The molecule has 1 aliphatic heterocycles. The lowest BCUT2D eigenvalue weighted by Crippen LogP contribution is -2.30. The van der Waals surface area contributed by atoms with Crippen molar-refractivity contribution in [1.29, 1.82) is 0 Å². The molecule has 0 aromatic heterocycles. The molecule has 1 aromatic rings. The summed E-state index contributed by atoms with van der Waals surface area (Å²) in [6, 6.07) is 5.65. The van der Waals surface area contributed by atoms with Crippen molar-refractivity contribution in [1.82, 2.24) is 0 Å². The summed E-state index contributed by atoms with van der Waals surface area (Å²) in [5.41, 5.74) is 2.35.